The zero-order valence-electron chi connectivity index (χ0n) is 15.8. The zero-order valence-corrected chi connectivity index (χ0v) is 17.3. The summed E-state index contributed by atoms with van der Waals surface area (Å²) in [6.07, 6.45) is 3.29. The van der Waals surface area contributed by atoms with Gasteiger partial charge in [0.1, 0.15) is 0 Å². The third-order valence-electron chi connectivity index (χ3n) is 4.36. The first-order valence-corrected chi connectivity index (χ1v) is 10.00. The average molecular weight is 442 g/mol. The predicted molar refractivity (Wildman–Crippen MR) is 119 cm³/mol. The number of guanidine groups is 1. The van der Waals surface area contributed by atoms with Crippen LogP contribution in [-0.2, 0) is 11.2 Å². The highest BCUT2D eigenvalue weighted by Crippen LogP contribution is 2.17. The molecular formula is C21H24BrN5O. The Labute approximate surface area is 173 Å². The van der Waals surface area contributed by atoms with Crippen LogP contribution >= 0.6 is 15.9 Å². The quantitative estimate of drug-likeness (QED) is 0.333. The number of aromatic nitrogens is 1. The molecule has 3 rings (SSSR count). The van der Waals surface area contributed by atoms with Crippen molar-refractivity contribution in [2.24, 2.45) is 4.99 Å². The summed E-state index contributed by atoms with van der Waals surface area (Å²) < 4.78 is 0.981. The molecule has 0 fully saturated rings. The van der Waals surface area contributed by atoms with Crippen LogP contribution < -0.4 is 16.0 Å². The number of nitrogens with one attached hydrogen (secondary N) is 4. The highest BCUT2D eigenvalue weighted by Gasteiger charge is 2.05. The van der Waals surface area contributed by atoms with E-state index in [4.69, 9.17) is 0 Å². The van der Waals surface area contributed by atoms with Gasteiger partial charge in [0.15, 0.2) is 5.96 Å². The van der Waals surface area contributed by atoms with E-state index in [1.807, 2.05) is 36.4 Å². The van der Waals surface area contributed by atoms with Crippen molar-refractivity contribution in [3.8, 4) is 0 Å². The number of hydrogen-bond donors (Lipinski definition) is 4. The molecule has 0 atom stereocenters. The molecular weight excluding hydrogens is 418 g/mol. The van der Waals surface area contributed by atoms with Crippen molar-refractivity contribution < 1.29 is 4.79 Å². The molecule has 0 saturated carbocycles. The number of anilines is 1. The maximum Gasteiger partial charge on any atom is 0.226 e. The fourth-order valence-electron chi connectivity index (χ4n) is 2.93. The number of para-hydroxylation sites is 1. The lowest BCUT2D eigenvalue weighted by atomic mass is 10.1. The molecule has 0 radical (unpaired) electrons. The summed E-state index contributed by atoms with van der Waals surface area (Å²) in [4.78, 5) is 19.5. The number of amides is 1. The second-order valence-electron chi connectivity index (χ2n) is 6.34. The molecule has 0 aliphatic rings. The highest BCUT2D eigenvalue weighted by molar-refractivity contribution is 9.10. The van der Waals surface area contributed by atoms with Crippen LogP contribution in [0.4, 0.5) is 5.69 Å². The van der Waals surface area contributed by atoms with Crippen molar-refractivity contribution in [1.29, 1.82) is 0 Å². The Morgan fingerprint density at radius 3 is 2.61 bits per heavy atom. The zero-order chi connectivity index (χ0) is 19.8. The number of aromatic amines is 1. The van der Waals surface area contributed by atoms with E-state index in [0.29, 0.717) is 18.9 Å². The van der Waals surface area contributed by atoms with E-state index in [9.17, 15) is 4.79 Å². The number of nitrogens with zero attached hydrogens (tertiary/aromatic N) is 1. The van der Waals surface area contributed by atoms with Gasteiger partial charge in [-0.15, -0.1) is 0 Å². The van der Waals surface area contributed by atoms with Crippen molar-refractivity contribution in [3.63, 3.8) is 0 Å². The van der Waals surface area contributed by atoms with Crippen molar-refractivity contribution in [3.05, 3.63) is 64.8 Å². The molecule has 4 N–H and O–H groups in total. The van der Waals surface area contributed by atoms with Gasteiger partial charge in [0.2, 0.25) is 5.91 Å². The Morgan fingerprint density at radius 1 is 1.07 bits per heavy atom. The Morgan fingerprint density at radius 2 is 1.82 bits per heavy atom. The number of rotatable bonds is 7. The van der Waals surface area contributed by atoms with Crippen molar-refractivity contribution in [1.82, 2.24) is 15.6 Å². The monoisotopic (exact) mass is 441 g/mol. The minimum absolute atomic E-state index is 0.0379. The van der Waals surface area contributed by atoms with Gasteiger partial charge in [-0.1, -0.05) is 34.1 Å². The number of fused-ring (bicyclic) bond motifs is 1. The Kier molecular flexibility index (Phi) is 7.08. The summed E-state index contributed by atoms with van der Waals surface area (Å²) in [5.74, 6) is 0.653. The number of aliphatic imine (C=N–C) groups is 1. The maximum absolute atomic E-state index is 12.0. The number of hydrogen-bond acceptors (Lipinski definition) is 2. The molecule has 7 heteroatoms. The lowest BCUT2D eigenvalue weighted by Gasteiger charge is -2.12. The fraction of sp³-hybridized carbons (Fsp3) is 0.238. The van der Waals surface area contributed by atoms with Gasteiger partial charge in [0.05, 0.1) is 0 Å². The molecule has 0 saturated heterocycles. The van der Waals surface area contributed by atoms with Gasteiger partial charge in [-0.05, 0) is 42.3 Å². The first-order valence-electron chi connectivity index (χ1n) is 9.20. The average Bonchev–Trinajstić information content (AvgIpc) is 3.12. The molecule has 2 aromatic carbocycles. The maximum atomic E-state index is 12.0. The van der Waals surface area contributed by atoms with Crippen LogP contribution in [0.5, 0.6) is 0 Å². The first kappa shape index (κ1) is 19.9. The van der Waals surface area contributed by atoms with Gasteiger partial charge in [0.25, 0.3) is 0 Å². The van der Waals surface area contributed by atoms with Crippen LogP contribution in [0, 0.1) is 0 Å². The van der Waals surface area contributed by atoms with E-state index in [1.54, 1.807) is 7.05 Å². The largest absolute Gasteiger partial charge is 0.361 e. The van der Waals surface area contributed by atoms with E-state index in [0.717, 1.165) is 28.6 Å². The van der Waals surface area contributed by atoms with Crippen LogP contribution in [0.3, 0.4) is 0 Å². The standard InChI is InChI=1S/C21H24BrN5O/c1-23-21(24-12-10-15-14-26-19-5-3-2-4-18(15)19)25-13-11-20(28)27-17-8-6-16(22)7-9-17/h2-9,14,26H,10-13H2,1H3,(H,27,28)(H2,23,24,25). The van der Waals surface area contributed by atoms with Crippen LogP contribution in [0.2, 0.25) is 0 Å². The SMILES string of the molecule is CN=C(NCCC(=O)Nc1ccc(Br)cc1)NCCc1c[nH]c2ccccc12. The minimum atomic E-state index is -0.0379. The molecule has 0 aliphatic heterocycles. The van der Waals surface area contributed by atoms with E-state index >= 15 is 0 Å². The number of benzene rings is 2. The number of carbonyl (C=O) groups is 1. The molecule has 146 valence electrons. The molecule has 1 heterocycles. The van der Waals surface area contributed by atoms with E-state index in [-0.39, 0.29) is 5.91 Å². The number of halogens is 1. The third kappa shape index (κ3) is 5.60. The lowest BCUT2D eigenvalue weighted by Crippen LogP contribution is -2.39. The van der Waals surface area contributed by atoms with E-state index in [2.05, 4.69) is 60.2 Å². The van der Waals surface area contributed by atoms with Crippen molar-refractivity contribution in [2.45, 2.75) is 12.8 Å². The third-order valence-corrected chi connectivity index (χ3v) is 4.89. The Bertz CT molecular complexity index is 949. The Balaban J connectivity index is 1.38. The fourth-order valence-corrected chi connectivity index (χ4v) is 3.19. The summed E-state index contributed by atoms with van der Waals surface area (Å²) in [6, 6.07) is 15.8. The Hall–Kier alpha value is -2.80. The van der Waals surface area contributed by atoms with Crippen molar-refractivity contribution in [2.75, 3.05) is 25.5 Å². The molecule has 0 unspecified atom stereocenters. The van der Waals surface area contributed by atoms with Gasteiger partial charge < -0.3 is 20.9 Å². The van der Waals surface area contributed by atoms with Crippen LogP contribution in [0.15, 0.2) is 64.2 Å². The molecule has 0 spiro atoms. The lowest BCUT2D eigenvalue weighted by molar-refractivity contribution is -0.116. The van der Waals surface area contributed by atoms with Gasteiger partial charge >= 0.3 is 0 Å². The smallest absolute Gasteiger partial charge is 0.226 e. The van der Waals surface area contributed by atoms with Gasteiger partial charge in [0, 0.05) is 53.8 Å². The summed E-state index contributed by atoms with van der Waals surface area (Å²) in [5.41, 5.74) is 3.21. The molecule has 6 nitrogen and oxygen atoms in total. The normalized spacial score (nSPS) is 11.4. The predicted octanol–water partition coefficient (Wildman–Crippen LogP) is 3.67. The molecule has 28 heavy (non-hydrogen) atoms. The number of carbonyl (C=O) groups excluding carboxylic acids is 1. The summed E-state index contributed by atoms with van der Waals surface area (Å²) in [7, 11) is 1.73. The highest BCUT2D eigenvalue weighted by atomic mass is 79.9. The van der Waals surface area contributed by atoms with Gasteiger partial charge in [-0.3, -0.25) is 9.79 Å². The molecule has 1 aromatic heterocycles. The van der Waals surface area contributed by atoms with Gasteiger partial charge in [-0.2, -0.15) is 0 Å². The minimum Gasteiger partial charge on any atom is -0.361 e. The second kappa shape index (κ2) is 9.94. The number of H-pyrrole nitrogens is 1. The van der Waals surface area contributed by atoms with E-state index in [1.165, 1.54) is 10.9 Å². The summed E-state index contributed by atoms with van der Waals surface area (Å²) in [5, 5.41) is 10.6. The topological polar surface area (TPSA) is 81.3 Å². The van der Waals surface area contributed by atoms with Crippen molar-refractivity contribution >= 4 is 44.4 Å². The molecule has 0 bridgehead atoms. The first-order chi connectivity index (χ1) is 13.7. The summed E-state index contributed by atoms with van der Waals surface area (Å²) in [6.45, 7) is 1.27. The summed E-state index contributed by atoms with van der Waals surface area (Å²) >= 11 is 3.38. The van der Waals surface area contributed by atoms with Crippen LogP contribution in [0.1, 0.15) is 12.0 Å². The van der Waals surface area contributed by atoms with Crippen LogP contribution in [-0.4, -0.2) is 37.0 Å². The van der Waals surface area contributed by atoms with Gasteiger partial charge in [-0.25, -0.2) is 0 Å². The van der Waals surface area contributed by atoms with E-state index < -0.39 is 0 Å². The van der Waals surface area contributed by atoms with Crippen LogP contribution in [0.25, 0.3) is 10.9 Å². The molecule has 0 aliphatic carbocycles. The molecule has 3 aromatic rings. The molecule has 1 amide bonds. The second-order valence-corrected chi connectivity index (χ2v) is 7.26.